The summed E-state index contributed by atoms with van der Waals surface area (Å²) in [6.45, 7) is 1.16. The molecule has 164 valence electrons. The second kappa shape index (κ2) is 8.97. The average molecular weight is 472 g/mol. The van der Waals surface area contributed by atoms with Crippen molar-refractivity contribution in [1.82, 2.24) is 9.88 Å². The van der Waals surface area contributed by atoms with E-state index < -0.39 is 10.9 Å². The van der Waals surface area contributed by atoms with Gasteiger partial charge in [0.1, 0.15) is 12.4 Å². The predicted molar refractivity (Wildman–Crippen MR) is 119 cm³/mol. The first-order valence-corrected chi connectivity index (χ1v) is 11.2. The maximum atomic E-state index is 12.7. The van der Waals surface area contributed by atoms with E-state index in [1.165, 1.54) is 59.2 Å². The Labute approximate surface area is 190 Å². The number of fused-ring (bicyclic) bond motifs is 1. The summed E-state index contributed by atoms with van der Waals surface area (Å²) in [6.07, 6.45) is 0.206. The molecule has 1 aliphatic heterocycles. The van der Waals surface area contributed by atoms with E-state index in [9.17, 15) is 24.8 Å². The highest BCUT2D eigenvalue weighted by atomic mass is 32.2. The van der Waals surface area contributed by atoms with E-state index in [4.69, 9.17) is 4.74 Å². The first kappa shape index (κ1) is 21.8. The number of hydrogen-bond donors (Lipinski definition) is 1. The van der Waals surface area contributed by atoms with Gasteiger partial charge in [-0.3, -0.25) is 19.8 Å². The topological polar surface area (TPSA) is 123 Å². The first-order chi connectivity index (χ1) is 15.3. The minimum Gasteiger partial charge on any atom is -0.510 e. The second-order valence-electron chi connectivity index (χ2n) is 6.93. The Morgan fingerprint density at radius 2 is 2.09 bits per heavy atom. The molecule has 0 radical (unpaired) electrons. The molecule has 1 atom stereocenters. The summed E-state index contributed by atoms with van der Waals surface area (Å²) in [4.78, 5) is 41.8. The number of esters is 1. The Bertz CT molecular complexity index is 1230. The van der Waals surface area contributed by atoms with Crippen LogP contribution in [0.25, 0.3) is 10.2 Å². The third-order valence-electron chi connectivity index (χ3n) is 4.79. The third kappa shape index (κ3) is 4.30. The predicted octanol–water partition coefficient (Wildman–Crippen LogP) is 4.39. The van der Waals surface area contributed by atoms with Crippen molar-refractivity contribution in [3.05, 3.63) is 75.1 Å². The van der Waals surface area contributed by atoms with Gasteiger partial charge in [0.05, 0.1) is 32.4 Å². The molecular weight excluding hydrogens is 454 g/mol. The van der Waals surface area contributed by atoms with Gasteiger partial charge in [-0.2, -0.15) is 0 Å². The molecular formula is C21H17N3O6S2. The van der Waals surface area contributed by atoms with Crippen LogP contribution in [0.5, 0.6) is 0 Å². The van der Waals surface area contributed by atoms with Crippen LogP contribution in [0.3, 0.4) is 0 Å². The van der Waals surface area contributed by atoms with Crippen molar-refractivity contribution < 1.29 is 24.4 Å². The van der Waals surface area contributed by atoms with Gasteiger partial charge in [-0.1, -0.05) is 17.8 Å². The summed E-state index contributed by atoms with van der Waals surface area (Å²) in [5.74, 6) is -1.48. The van der Waals surface area contributed by atoms with Gasteiger partial charge >= 0.3 is 5.97 Å². The van der Waals surface area contributed by atoms with Gasteiger partial charge in [-0.05, 0) is 36.8 Å². The first-order valence-electron chi connectivity index (χ1n) is 9.46. The minimum absolute atomic E-state index is 0.0759. The quantitative estimate of drug-likeness (QED) is 0.134. The molecule has 1 saturated heterocycles. The van der Waals surface area contributed by atoms with Crippen LogP contribution < -0.4 is 0 Å². The normalized spacial score (nSPS) is 16.5. The fraction of sp³-hybridized carbons (Fsp3) is 0.190. The Hall–Kier alpha value is -3.44. The number of aliphatic hydroxyl groups excluding tert-OH is 1. The highest BCUT2D eigenvalue weighted by Crippen LogP contribution is 2.41. The molecule has 4 rings (SSSR count). The molecule has 0 saturated carbocycles. The molecule has 9 nitrogen and oxygen atoms in total. The van der Waals surface area contributed by atoms with Crippen molar-refractivity contribution in [2.24, 2.45) is 0 Å². The summed E-state index contributed by atoms with van der Waals surface area (Å²) in [7, 11) is 0. The van der Waals surface area contributed by atoms with Gasteiger partial charge < -0.3 is 9.84 Å². The van der Waals surface area contributed by atoms with E-state index in [-0.39, 0.29) is 41.5 Å². The van der Waals surface area contributed by atoms with E-state index >= 15 is 0 Å². The SMILES string of the molecule is C/C(O)=C(/C(=O)OCc1ccc([N+](=O)[O-])cc1)N1C(=O)C[C@@H]1Sc1cccc2scnc12. The number of carbonyl (C=O) groups is 2. The molecule has 0 unspecified atom stereocenters. The van der Waals surface area contributed by atoms with Crippen LogP contribution in [0.15, 0.2) is 64.3 Å². The standard InChI is InChI=1S/C21H17N3O6S2/c1-12(25)20(21(27)30-10-13-5-7-14(8-6-13)24(28)29)23-17(26)9-18(23)32-16-4-2-3-15-19(16)22-11-31-15/h2-8,11,18,25H,9-10H2,1H3/b20-12+/t18-/m0/s1. The van der Waals surface area contributed by atoms with Gasteiger partial charge in [-0.15, -0.1) is 11.3 Å². The van der Waals surface area contributed by atoms with Crippen LogP contribution in [-0.2, 0) is 20.9 Å². The number of nitro benzene ring substituents is 1. The van der Waals surface area contributed by atoms with Crippen molar-refractivity contribution in [1.29, 1.82) is 0 Å². The molecule has 2 aromatic carbocycles. The molecule has 32 heavy (non-hydrogen) atoms. The number of carbonyl (C=O) groups excluding carboxylic acids is 2. The van der Waals surface area contributed by atoms with E-state index in [0.29, 0.717) is 5.56 Å². The number of thiazole rings is 1. The molecule has 1 aliphatic rings. The molecule has 0 bridgehead atoms. The van der Waals surface area contributed by atoms with Gasteiger partial charge in [-0.25, -0.2) is 9.78 Å². The fourth-order valence-electron chi connectivity index (χ4n) is 3.20. The van der Waals surface area contributed by atoms with Crippen LogP contribution in [0.4, 0.5) is 5.69 Å². The zero-order valence-corrected chi connectivity index (χ0v) is 18.4. The molecule has 2 heterocycles. The highest BCUT2D eigenvalue weighted by Gasteiger charge is 2.43. The zero-order valence-electron chi connectivity index (χ0n) is 16.8. The van der Waals surface area contributed by atoms with Crippen molar-refractivity contribution in [2.75, 3.05) is 0 Å². The van der Waals surface area contributed by atoms with Crippen LogP contribution in [0.2, 0.25) is 0 Å². The van der Waals surface area contributed by atoms with E-state index in [1.807, 2.05) is 18.2 Å². The second-order valence-corrected chi connectivity index (χ2v) is 9.04. The number of aromatic nitrogens is 1. The Morgan fingerprint density at radius 3 is 2.75 bits per heavy atom. The molecule has 0 spiro atoms. The highest BCUT2D eigenvalue weighted by molar-refractivity contribution is 8.00. The summed E-state index contributed by atoms with van der Waals surface area (Å²) in [6, 6.07) is 11.3. The Balaban J connectivity index is 1.48. The summed E-state index contributed by atoms with van der Waals surface area (Å²) in [5.41, 5.74) is 2.82. The molecule has 11 heteroatoms. The maximum Gasteiger partial charge on any atom is 0.358 e. The third-order valence-corrected chi connectivity index (χ3v) is 6.81. The van der Waals surface area contributed by atoms with Crippen molar-refractivity contribution >= 4 is 50.9 Å². The number of aliphatic hydroxyl groups is 1. The minimum atomic E-state index is -0.853. The molecule has 3 aromatic rings. The van der Waals surface area contributed by atoms with Gasteiger partial charge in [0.2, 0.25) is 5.91 Å². The van der Waals surface area contributed by atoms with Crippen LogP contribution in [0, 0.1) is 10.1 Å². The van der Waals surface area contributed by atoms with Crippen LogP contribution >= 0.6 is 23.1 Å². The monoisotopic (exact) mass is 471 g/mol. The molecule has 1 N–H and O–H groups in total. The lowest BCUT2D eigenvalue weighted by Gasteiger charge is -2.40. The number of nitrogens with zero attached hydrogens (tertiary/aromatic N) is 3. The summed E-state index contributed by atoms with van der Waals surface area (Å²) in [5, 5.41) is 20.5. The van der Waals surface area contributed by atoms with Crippen molar-refractivity contribution in [3.8, 4) is 0 Å². The van der Waals surface area contributed by atoms with Crippen LogP contribution in [-0.4, -0.2) is 37.2 Å². The van der Waals surface area contributed by atoms with E-state index in [0.717, 1.165) is 15.1 Å². The molecule has 1 aromatic heterocycles. The van der Waals surface area contributed by atoms with Crippen LogP contribution in [0.1, 0.15) is 18.9 Å². The van der Waals surface area contributed by atoms with Crippen molar-refractivity contribution in [3.63, 3.8) is 0 Å². The smallest absolute Gasteiger partial charge is 0.358 e. The lowest BCUT2D eigenvalue weighted by molar-refractivity contribution is -0.384. The lowest BCUT2D eigenvalue weighted by Crippen LogP contribution is -2.52. The lowest BCUT2D eigenvalue weighted by atomic mass is 10.1. The number of ether oxygens (including phenoxy) is 1. The largest absolute Gasteiger partial charge is 0.510 e. The maximum absolute atomic E-state index is 12.7. The number of non-ortho nitro benzene ring substituents is 1. The number of β-lactam (4-membered cyclic amide) rings is 1. The van der Waals surface area contributed by atoms with Gasteiger partial charge in [0.15, 0.2) is 5.70 Å². The number of rotatable bonds is 7. The number of benzene rings is 2. The fourth-order valence-corrected chi connectivity index (χ4v) is 5.25. The van der Waals surface area contributed by atoms with E-state index in [1.54, 1.807) is 5.51 Å². The average Bonchev–Trinajstić information content (AvgIpc) is 3.25. The summed E-state index contributed by atoms with van der Waals surface area (Å²) >= 11 is 2.90. The molecule has 1 amide bonds. The number of nitro groups is 1. The number of hydrogen-bond acceptors (Lipinski definition) is 9. The van der Waals surface area contributed by atoms with Crippen molar-refractivity contribution in [2.45, 2.75) is 30.2 Å². The van der Waals surface area contributed by atoms with Gasteiger partial charge in [0.25, 0.3) is 5.69 Å². The van der Waals surface area contributed by atoms with Gasteiger partial charge in [0, 0.05) is 17.0 Å². The molecule has 1 fully saturated rings. The number of allylic oxidation sites excluding steroid dienone is 1. The number of para-hydroxylation sites is 1. The molecule has 0 aliphatic carbocycles. The number of amides is 1. The summed E-state index contributed by atoms with van der Waals surface area (Å²) < 4.78 is 6.29. The Kier molecular flexibility index (Phi) is 6.10. The number of thioether (sulfide) groups is 1. The Morgan fingerprint density at radius 1 is 1.34 bits per heavy atom. The zero-order chi connectivity index (χ0) is 22.8. The number of likely N-dealkylation sites (tertiary alicyclic amines) is 1. The van der Waals surface area contributed by atoms with E-state index in [2.05, 4.69) is 4.98 Å².